The standard InChI is InChI=1S/C12H26N2O/c1-4-12(2)5-7-14(8-6-12)9-11(10-15)13-3/h11,13,15H,4-10H2,1-3H3. The first-order valence-electron chi connectivity index (χ1n) is 6.14. The number of aliphatic hydroxyl groups excluding tert-OH is 1. The summed E-state index contributed by atoms with van der Waals surface area (Å²) in [6.07, 6.45) is 3.88. The van der Waals surface area contributed by atoms with Crippen LogP contribution in [0.1, 0.15) is 33.1 Å². The Hall–Kier alpha value is -0.120. The Morgan fingerprint density at radius 2 is 2.00 bits per heavy atom. The number of nitrogens with zero attached hydrogens (tertiary/aromatic N) is 1. The number of likely N-dealkylation sites (tertiary alicyclic amines) is 1. The molecule has 3 heteroatoms. The molecular weight excluding hydrogens is 188 g/mol. The first kappa shape index (κ1) is 12.9. The van der Waals surface area contributed by atoms with E-state index in [-0.39, 0.29) is 12.6 Å². The Kier molecular flexibility index (Phi) is 5.03. The Morgan fingerprint density at radius 3 is 2.40 bits per heavy atom. The number of hydrogen-bond donors (Lipinski definition) is 2. The van der Waals surface area contributed by atoms with Crippen LogP contribution in [-0.4, -0.2) is 49.3 Å². The molecule has 1 unspecified atom stereocenters. The van der Waals surface area contributed by atoms with Crippen molar-refractivity contribution in [2.75, 3.05) is 33.3 Å². The SMILES string of the molecule is CCC1(C)CCN(CC(CO)NC)CC1. The summed E-state index contributed by atoms with van der Waals surface area (Å²) in [6, 6.07) is 0.232. The Bertz CT molecular complexity index is 172. The first-order valence-corrected chi connectivity index (χ1v) is 6.14. The molecule has 0 aromatic carbocycles. The second-order valence-electron chi connectivity index (χ2n) is 5.13. The summed E-state index contributed by atoms with van der Waals surface area (Å²) in [5, 5.41) is 12.3. The van der Waals surface area contributed by atoms with Crippen LogP contribution in [0.5, 0.6) is 0 Å². The molecule has 0 aromatic rings. The van der Waals surface area contributed by atoms with Gasteiger partial charge in [0, 0.05) is 12.6 Å². The molecule has 1 aliphatic rings. The van der Waals surface area contributed by atoms with E-state index < -0.39 is 0 Å². The van der Waals surface area contributed by atoms with Crippen LogP contribution in [0.3, 0.4) is 0 Å². The summed E-state index contributed by atoms with van der Waals surface area (Å²) >= 11 is 0. The minimum Gasteiger partial charge on any atom is -0.395 e. The molecule has 0 aliphatic carbocycles. The van der Waals surface area contributed by atoms with Gasteiger partial charge in [0.15, 0.2) is 0 Å². The van der Waals surface area contributed by atoms with Gasteiger partial charge in [-0.1, -0.05) is 20.3 Å². The maximum Gasteiger partial charge on any atom is 0.0597 e. The van der Waals surface area contributed by atoms with Gasteiger partial charge >= 0.3 is 0 Å². The monoisotopic (exact) mass is 214 g/mol. The molecule has 90 valence electrons. The molecule has 1 saturated heterocycles. The second-order valence-corrected chi connectivity index (χ2v) is 5.13. The van der Waals surface area contributed by atoms with E-state index in [1.807, 2.05) is 7.05 Å². The van der Waals surface area contributed by atoms with Gasteiger partial charge in [0.2, 0.25) is 0 Å². The Morgan fingerprint density at radius 1 is 1.40 bits per heavy atom. The van der Waals surface area contributed by atoms with Gasteiger partial charge < -0.3 is 15.3 Å². The largest absolute Gasteiger partial charge is 0.395 e. The van der Waals surface area contributed by atoms with Crippen molar-refractivity contribution in [2.45, 2.75) is 39.2 Å². The fourth-order valence-electron chi connectivity index (χ4n) is 2.18. The lowest BCUT2D eigenvalue weighted by Gasteiger charge is -2.39. The number of nitrogens with one attached hydrogen (secondary N) is 1. The fraction of sp³-hybridized carbons (Fsp3) is 1.00. The highest BCUT2D eigenvalue weighted by Crippen LogP contribution is 2.33. The van der Waals surface area contributed by atoms with Crippen molar-refractivity contribution < 1.29 is 5.11 Å². The molecule has 0 aromatic heterocycles. The number of hydrogen-bond acceptors (Lipinski definition) is 3. The van der Waals surface area contributed by atoms with Gasteiger partial charge in [-0.3, -0.25) is 0 Å². The molecule has 1 aliphatic heterocycles. The lowest BCUT2D eigenvalue weighted by molar-refractivity contribution is 0.0971. The Labute approximate surface area is 93.9 Å². The average Bonchev–Trinajstić information content (AvgIpc) is 2.28. The van der Waals surface area contributed by atoms with Crippen molar-refractivity contribution >= 4 is 0 Å². The van der Waals surface area contributed by atoms with Gasteiger partial charge in [0.25, 0.3) is 0 Å². The summed E-state index contributed by atoms with van der Waals surface area (Å²) in [5.74, 6) is 0. The lowest BCUT2D eigenvalue weighted by Crippen LogP contribution is -2.46. The highest BCUT2D eigenvalue weighted by Gasteiger charge is 2.28. The molecule has 0 radical (unpaired) electrons. The van der Waals surface area contributed by atoms with Gasteiger partial charge in [0.05, 0.1) is 6.61 Å². The van der Waals surface area contributed by atoms with Gasteiger partial charge in [-0.25, -0.2) is 0 Å². The second kappa shape index (κ2) is 5.83. The van der Waals surface area contributed by atoms with E-state index in [0.717, 1.165) is 6.54 Å². The van der Waals surface area contributed by atoms with Crippen molar-refractivity contribution in [3.05, 3.63) is 0 Å². The van der Waals surface area contributed by atoms with Gasteiger partial charge in [-0.05, 0) is 38.4 Å². The predicted octanol–water partition coefficient (Wildman–Crippen LogP) is 1.08. The molecule has 1 atom stereocenters. The van der Waals surface area contributed by atoms with Crippen molar-refractivity contribution in [1.29, 1.82) is 0 Å². The minimum atomic E-state index is 0.232. The first-order chi connectivity index (χ1) is 7.13. The molecule has 0 spiro atoms. The van der Waals surface area contributed by atoms with E-state index in [4.69, 9.17) is 5.11 Å². The zero-order valence-electron chi connectivity index (χ0n) is 10.4. The molecule has 0 bridgehead atoms. The minimum absolute atomic E-state index is 0.232. The van der Waals surface area contributed by atoms with E-state index >= 15 is 0 Å². The Balaban J connectivity index is 2.31. The van der Waals surface area contributed by atoms with E-state index in [2.05, 4.69) is 24.1 Å². The normalized spacial score (nSPS) is 24.0. The number of aliphatic hydroxyl groups is 1. The zero-order valence-corrected chi connectivity index (χ0v) is 10.4. The molecule has 1 fully saturated rings. The number of likely N-dealkylation sites (N-methyl/N-ethyl adjacent to an activating group) is 1. The topological polar surface area (TPSA) is 35.5 Å². The van der Waals surface area contributed by atoms with E-state index in [1.165, 1.54) is 32.4 Å². The molecule has 0 saturated carbocycles. The van der Waals surface area contributed by atoms with Crippen molar-refractivity contribution in [3.8, 4) is 0 Å². The van der Waals surface area contributed by atoms with E-state index in [9.17, 15) is 0 Å². The third-order valence-electron chi connectivity index (χ3n) is 4.02. The summed E-state index contributed by atoms with van der Waals surface area (Å²) < 4.78 is 0. The summed E-state index contributed by atoms with van der Waals surface area (Å²) in [7, 11) is 1.92. The van der Waals surface area contributed by atoms with Crippen LogP contribution in [0.25, 0.3) is 0 Å². The molecule has 0 amide bonds. The smallest absolute Gasteiger partial charge is 0.0597 e. The molecule has 2 N–H and O–H groups in total. The zero-order chi connectivity index (χ0) is 11.3. The van der Waals surface area contributed by atoms with Crippen LogP contribution >= 0.6 is 0 Å². The molecule has 3 nitrogen and oxygen atoms in total. The average molecular weight is 214 g/mol. The summed E-state index contributed by atoms with van der Waals surface area (Å²) in [6.45, 7) is 8.27. The molecule has 15 heavy (non-hydrogen) atoms. The maximum absolute atomic E-state index is 9.12. The van der Waals surface area contributed by atoms with E-state index in [0.29, 0.717) is 5.41 Å². The highest BCUT2D eigenvalue weighted by atomic mass is 16.3. The molecule has 1 rings (SSSR count). The van der Waals surface area contributed by atoms with Crippen molar-refractivity contribution in [2.24, 2.45) is 5.41 Å². The van der Waals surface area contributed by atoms with Crippen LogP contribution in [0.2, 0.25) is 0 Å². The lowest BCUT2D eigenvalue weighted by atomic mass is 9.78. The van der Waals surface area contributed by atoms with Crippen LogP contribution < -0.4 is 5.32 Å². The van der Waals surface area contributed by atoms with Crippen molar-refractivity contribution in [3.63, 3.8) is 0 Å². The summed E-state index contributed by atoms with van der Waals surface area (Å²) in [4.78, 5) is 2.47. The van der Waals surface area contributed by atoms with E-state index in [1.54, 1.807) is 0 Å². The van der Waals surface area contributed by atoms with Crippen LogP contribution in [0, 0.1) is 5.41 Å². The third-order valence-corrected chi connectivity index (χ3v) is 4.02. The third kappa shape index (κ3) is 3.74. The molecule has 1 heterocycles. The van der Waals surface area contributed by atoms with Crippen LogP contribution in [0.15, 0.2) is 0 Å². The summed E-state index contributed by atoms with van der Waals surface area (Å²) in [5.41, 5.74) is 0.560. The van der Waals surface area contributed by atoms with Gasteiger partial charge in [-0.15, -0.1) is 0 Å². The maximum atomic E-state index is 9.12. The van der Waals surface area contributed by atoms with Gasteiger partial charge in [-0.2, -0.15) is 0 Å². The van der Waals surface area contributed by atoms with Crippen LogP contribution in [0.4, 0.5) is 0 Å². The van der Waals surface area contributed by atoms with Crippen molar-refractivity contribution in [1.82, 2.24) is 10.2 Å². The predicted molar refractivity (Wildman–Crippen MR) is 64.0 cm³/mol. The number of piperidine rings is 1. The fourth-order valence-corrected chi connectivity index (χ4v) is 2.18. The van der Waals surface area contributed by atoms with Crippen LogP contribution in [-0.2, 0) is 0 Å². The molecular formula is C12H26N2O. The highest BCUT2D eigenvalue weighted by molar-refractivity contribution is 4.82. The van der Waals surface area contributed by atoms with Gasteiger partial charge in [0.1, 0.15) is 0 Å². The number of rotatable bonds is 5. The quantitative estimate of drug-likeness (QED) is 0.719.